The van der Waals surface area contributed by atoms with Gasteiger partial charge in [0.1, 0.15) is 11.5 Å². The number of rotatable bonds is 9. The van der Waals surface area contributed by atoms with Crippen LogP contribution in [0.2, 0.25) is 5.02 Å². The van der Waals surface area contributed by atoms with Crippen LogP contribution in [0.15, 0.2) is 66.8 Å². The van der Waals surface area contributed by atoms with Gasteiger partial charge >= 0.3 is 5.97 Å². The van der Waals surface area contributed by atoms with E-state index in [0.717, 1.165) is 0 Å². The van der Waals surface area contributed by atoms with E-state index >= 15 is 0 Å². The number of esters is 1. The van der Waals surface area contributed by atoms with Crippen LogP contribution < -0.4 is 4.74 Å². The van der Waals surface area contributed by atoms with Gasteiger partial charge in [-0.15, -0.1) is 0 Å². The topological polar surface area (TPSA) is 111 Å². The lowest BCUT2D eigenvalue weighted by Gasteiger charge is -2.25. The molecule has 3 aromatic rings. The summed E-state index contributed by atoms with van der Waals surface area (Å²) in [6, 6.07) is 10.2. The zero-order chi connectivity index (χ0) is 26.5. The van der Waals surface area contributed by atoms with Gasteiger partial charge in [-0.3, -0.25) is 9.59 Å². The third-order valence-corrected chi connectivity index (χ3v) is 6.36. The molecule has 0 radical (unpaired) electrons. The number of hydrogen-bond donors (Lipinski definition) is 1. The van der Waals surface area contributed by atoms with E-state index in [2.05, 4.69) is 4.98 Å². The summed E-state index contributed by atoms with van der Waals surface area (Å²) in [4.78, 5) is 43.7. The van der Waals surface area contributed by atoms with E-state index in [1.807, 2.05) is 17.7 Å². The Kier molecular flexibility index (Phi) is 7.93. The molecule has 1 aliphatic heterocycles. The monoisotopic (exact) mass is 523 g/mol. The minimum atomic E-state index is -0.861. The maximum atomic E-state index is 13.2. The molecule has 9 nitrogen and oxygen atoms in total. The lowest BCUT2D eigenvalue weighted by molar-refractivity contribution is -0.139. The molecule has 0 bridgehead atoms. The van der Waals surface area contributed by atoms with Crippen molar-refractivity contribution in [3.05, 3.63) is 88.5 Å². The second kappa shape index (κ2) is 11.3. The number of imidazole rings is 1. The van der Waals surface area contributed by atoms with E-state index in [1.54, 1.807) is 48.9 Å². The van der Waals surface area contributed by atoms with Crippen molar-refractivity contribution in [3.63, 3.8) is 0 Å². The number of benzene rings is 2. The van der Waals surface area contributed by atoms with Crippen molar-refractivity contribution in [2.75, 3.05) is 20.3 Å². The highest BCUT2D eigenvalue weighted by molar-refractivity contribution is 6.46. The molecule has 1 atom stereocenters. The standard InChI is InChI=1S/C27H26ClN3O6/c1-3-37-21-10-9-19(15-20(21)28)24(32)22-23(17-5-7-18(8-6-17)27(35)36-2)31(26(34)25(22)33)13-4-12-30-14-11-29-16-30/h5-11,14-16,23,32H,3-4,12-13H2,1-2H3/b24-22+/t23-/m1/s1. The number of aliphatic hydroxyl groups excluding tert-OH is 1. The Morgan fingerprint density at radius 3 is 2.46 bits per heavy atom. The third kappa shape index (κ3) is 5.36. The highest BCUT2D eigenvalue weighted by Gasteiger charge is 2.45. The van der Waals surface area contributed by atoms with Crippen LogP contribution in [0.5, 0.6) is 5.75 Å². The van der Waals surface area contributed by atoms with Gasteiger partial charge in [0.2, 0.25) is 0 Å². The van der Waals surface area contributed by atoms with Crippen LogP contribution in [-0.4, -0.2) is 57.5 Å². The van der Waals surface area contributed by atoms with Crippen molar-refractivity contribution in [1.82, 2.24) is 14.5 Å². The Balaban J connectivity index is 1.74. The molecule has 4 rings (SSSR count). The van der Waals surface area contributed by atoms with Gasteiger partial charge in [0.25, 0.3) is 11.7 Å². The number of halogens is 1. The van der Waals surface area contributed by atoms with E-state index in [-0.39, 0.29) is 28.5 Å². The second-order valence-corrected chi connectivity index (χ2v) is 8.75. The van der Waals surface area contributed by atoms with Gasteiger partial charge in [-0.1, -0.05) is 23.7 Å². The molecule has 1 saturated heterocycles. The smallest absolute Gasteiger partial charge is 0.337 e. The SMILES string of the molecule is CCOc1ccc(/C(O)=C2\C(=O)C(=O)N(CCCn3ccnc3)[C@@H]2c2ccc(C(=O)OC)cc2)cc1Cl. The largest absolute Gasteiger partial charge is 0.507 e. The summed E-state index contributed by atoms with van der Waals surface area (Å²) in [6.07, 6.45) is 5.70. The number of nitrogens with zero attached hydrogens (tertiary/aromatic N) is 3. The van der Waals surface area contributed by atoms with Crippen molar-refractivity contribution in [2.45, 2.75) is 25.9 Å². The maximum absolute atomic E-state index is 13.2. The zero-order valence-corrected chi connectivity index (χ0v) is 21.1. The minimum Gasteiger partial charge on any atom is -0.507 e. The first kappa shape index (κ1) is 26.0. The average Bonchev–Trinajstić information content (AvgIpc) is 3.51. The molecule has 37 heavy (non-hydrogen) atoms. The molecule has 1 aromatic heterocycles. The lowest BCUT2D eigenvalue weighted by atomic mass is 9.94. The highest BCUT2D eigenvalue weighted by atomic mass is 35.5. The van der Waals surface area contributed by atoms with Crippen LogP contribution in [0.25, 0.3) is 5.76 Å². The van der Waals surface area contributed by atoms with Crippen LogP contribution in [0, 0.1) is 0 Å². The second-order valence-electron chi connectivity index (χ2n) is 8.34. The Morgan fingerprint density at radius 1 is 1.11 bits per heavy atom. The van der Waals surface area contributed by atoms with Gasteiger partial charge in [0.05, 0.1) is 42.2 Å². The number of ketones is 1. The Bertz CT molecular complexity index is 1330. The number of carbonyl (C=O) groups excluding carboxylic acids is 3. The average molecular weight is 524 g/mol. The Morgan fingerprint density at radius 2 is 1.84 bits per heavy atom. The van der Waals surface area contributed by atoms with E-state index in [1.165, 1.54) is 18.1 Å². The number of hydrogen-bond acceptors (Lipinski definition) is 7. The number of methoxy groups -OCH3 is 1. The molecule has 1 aliphatic rings. The van der Waals surface area contributed by atoms with E-state index in [4.69, 9.17) is 21.1 Å². The van der Waals surface area contributed by atoms with Crippen molar-refractivity contribution >= 4 is 35.0 Å². The first-order valence-corrected chi connectivity index (χ1v) is 12.1. The molecule has 2 aromatic carbocycles. The zero-order valence-electron chi connectivity index (χ0n) is 20.4. The molecular weight excluding hydrogens is 498 g/mol. The normalized spacial score (nSPS) is 16.7. The number of ether oxygens (including phenoxy) is 2. The first-order valence-electron chi connectivity index (χ1n) is 11.7. The van der Waals surface area contributed by atoms with Gasteiger partial charge in [0, 0.05) is 31.0 Å². The molecule has 1 amide bonds. The number of aryl methyl sites for hydroxylation is 1. The number of likely N-dealkylation sites (tertiary alicyclic amines) is 1. The summed E-state index contributed by atoms with van der Waals surface area (Å²) in [6.45, 7) is 3.08. The van der Waals surface area contributed by atoms with Crippen LogP contribution >= 0.6 is 11.6 Å². The molecule has 1 fully saturated rings. The molecule has 2 heterocycles. The molecule has 192 valence electrons. The molecule has 0 unspecified atom stereocenters. The molecule has 0 aliphatic carbocycles. The predicted molar refractivity (Wildman–Crippen MR) is 136 cm³/mol. The van der Waals surface area contributed by atoms with Crippen molar-refractivity contribution in [2.24, 2.45) is 0 Å². The van der Waals surface area contributed by atoms with Crippen LogP contribution in [0.3, 0.4) is 0 Å². The fourth-order valence-corrected chi connectivity index (χ4v) is 4.53. The van der Waals surface area contributed by atoms with E-state index in [0.29, 0.717) is 36.4 Å². The van der Waals surface area contributed by atoms with E-state index in [9.17, 15) is 19.5 Å². The third-order valence-electron chi connectivity index (χ3n) is 6.07. The highest BCUT2D eigenvalue weighted by Crippen LogP contribution is 2.40. The number of aromatic nitrogens is 2. The summed E-state index contributed by atoms with van der Waals surface area (Å²) in [7, 11) is 1.29. The fourth-order valence-electron chi connectivity index (χ4n) is 4.30. The Labute approximate surface area is 218 Å². The number of aliphatic hydroxyl groups is 1. The molecule has 0 spiro atoms. The predicted octanol–water partition coefficient (Wildman–Crippen LogP) is 4.23. The van der Waals surface area contributed by atoms with Crippen molar-refractivity contribution in [3.8, 4) is 5.75 Å². The number of Topliss-reactive ketones (excluding diaryl/α,β-unsaturated/α-hetero) is 1. The van der Waals surface area contributed by atoms with Gasteiger partial charge in [-0.05, 0) is 49.2 Å². The summed E-state index contributed by atoms with van der Waals surface area (Å²) in [5.41, 5.74) is 1.11. The van der Waals surface area contributed by atoms with Gasteiger partial charge in [0.15, 0.2) is 0 Å². The minimum absolute atomic E-state index is 0.0568. The lowest BCUT2D eigenvalue weighted by Crippen LogP contribution is -2.31. The van der Waals surface area contributed by atoms with Crippen LogP contribution in [-0.2, 0) is 20.9 Å². The quantitative estimate of drug-likeness (QED) is 0.193. The maximum Gasteiger partial charge on any atom is 0.337 e. The van der Waals surface area contributed by atoms with Gasteiger partial charge < -0.3 is 24.0 Å². The van der Waals surface area contributed by atoms with Crippen molar-refractivity contribution in [1.29, 1.82) is 0 Å². The van der Waals surface area contributed by atoms with Gasteiger partial charge in [-0.25, -0.2) is 9.78 Å². The summed E-state index contributed by atoms with van der Waals surface area (Å²) in [5.74, 6) is -1.93. The van der Waals surface area contributed by atoms with Crippen LogP contribution in [0.4, 0.5) is 0 Å². The van der Waals surface area contributed by atoms with E-state index < -0.39 is 23.7 Å². The Hall–Kier alpha value is -4.11. The molecular formula is C27H26ClN3O6. The van der Waals surface area contributed by atoms with Crippen molar-refractivity contribution < 1.29 is 29.0 Å². The molecule has 10 heteroatoms. The number of carbonyl (C=O) groups is 3. The fraction of sp³-hybridized carbons (Fsp3) is 0.259. The first-order chi connectivity index (χ1) is 17.8. The van der Waals surface area contributed by atoms with Gasteiger partial charge in [-0.2, -0.15) is 0 Å². The molecule has 0 saturated carbocycles. The molecule has 1 N–H and O–H groups in total. The number of amides is 1. The summed E-state index contributed by atoms with van der Waals surface area (Å²) < 4.78 is 12.1. The summed E-state index contributed by atoms with van der Waals surface area (Å²) in [5, 5.41) is 11.5. The summed E-state index contributed by atoms with van der Waals surface area (Å²) >= 11 is 6.31. The van der Waals surface area contributed by atoms with Crippen LogP contribution in [0.1, 0.15) is 40.9 Å².